The van der Waals surface area contributed by atoms with Crippen molar-refractivity contribution in [2.75, 3.05) is 5.32 Å². The molecule has 0 saturated carbocycles. The lowest BCUT2D eigenvalue weighted by atomic mass is 10.1. The summed E-state index contributed by atoms with van der Waals surface area (Å²) in [6, 6.07) is 13.6. The molecule has 0 aliphatic carbocycles. The number of nitrogens with two attached hydrogens (primary N) is 1. The lowest BCUT2D eigenvalue weighted by Crippen LogP contribution is -2.12. The Morgan fingerprint density at radius 1 is 1.17 bits per heavy atom. The van der Waals surface area contributed by atoms with Gasteiger partial charge in [-0.05, 0) is 23.8 Å². The first-order valence-corrected chi connectivity index (χ1v) is 5.54. The first kappa shape index (κ1) is 12.1. The van der Waals surface area contributed by atoms with Crippen molar-refractivity contribution < 1.29 is 9.18 Å². The van der Waals surface area contributed by atoms with E-state index in [2.05, 4.69) is 5.32 Å². The fourth-order valence-electron chi connectivity index (χ4n) is 1.61. The van der Waals surface area contributed by atoms with Crippen LogP contribution in [0.3, 0.4) is 0 Å². The molecule has 0 saturated heterocycles. The van der Waals surface area contributed by atoms with Crippen LogP contribution in [0.25, 0.3) is 0 Å². The van der Waals surface area contributed by atoms with E-state index in [1.54, 1.807) is 0 Å². The predicted molar refractivity (Wildman–Crippen MR) is 68.7 cm³/mol. The van der Waals surface area contributed by atoms with E-state index in [1.807, 2.05) is 30.3 Å². The Labute approximate surface area is 104 Å². The number of halogens is 1. The zero-order valence-corrected chi connectivity index (χ0v) is 9.69. The van der Waals surface area contributed by atoms with Gasteiger partial charge in [0.05, 0.1) is 5.69 Å². The van der Waals surface area contributed by atoms with Crippen molar-refractivity contribution in [2.45, 2.75) is 6.54 Å². The summed E-state index contributed by atoms with van der Waals surface area (Å²) in [6.45, 7) is 0.486. The molecule has 0 aromatic heterocycles. The first-order valence-electron chi connectivity index (χ1n) is 5.54. The highest BCUT2D eigenvalue weighted by Gasteiger charge is 2.06. The maximum atomic E-state index is 13.5. The Morgan fingerprint density at radius 3 is 2.56 bits per heavy atom. The topological polar surface area (TPSA) is 55.1 Å². The fraction of sp³-hybridized carbons (Fsp3) is 0.0714. The molecule has 4 heteroatoms. The van der Waals surface area contributed by atoms with Crippen LogP contribution >= 0.6 is 0 Å². The number of rotatable bonds is 4. The molecule has 18 heavy (non-hydrogen) atoms. The average molecular weight is 244 g/mol. The molecule has 2 rings (SSSR count). The van der Waals surface area contributed by atoms with Crippen LogP contribution in [0.5, 0.6) is 0 Å². The number of benzene rings is 2. The summed E-state index contributed by atoms with van der Waals surface area (Å²) in [7, 11) is 0. The van der Waals surface area contributed by atoms with Gasteiger partial charge in [-0.15, -0.1) is 0 Å². The van der Waals surface area contributed by atoms with Crippen LogP contribution in [0.15, 0.2) is 48.5 Å². The van der Waals surface area contributed by atoms with Crippen LogP contribution in [-0.2, 0) is 6.54 Å². The fourth-order valence-corrected chi connectivity index (χ4v) is 1.61. The second-order valence-corrected chi connectivity index (χ2v) is 3.90. The van der Waals surface area contributed by atoms with E-state index in [0.717, 1.165) is 5.56 Å². The van der Waals surface area contributed by atoms with Gasteiger partial charge in [-0.3, -0.25) is 4.79 Å². The summed E-state index contributed by atoms with van der Waals surface area (Å²) in [6.07, 6.45) is 0. The maximum absolute atomic E-state index is 13.5. The normalized spacial score (nSPS) is 10.1. The van der Waals surface area contributed by atoms with Gasteiger partial charge in [0.15, 0.2) is 0 Å². The first-order chi connectivity index (χ1) is 8.66. The third-order valence-electron chi connectivity index (χ3n) is 2.58. The van der Waals surface area contributed by atoms with Crippen molar-refractivity contribution in [3.63, 3.8) is 0 Å². The van der Waals surface area contributed by atoms with E-state index in [0.29, 0.717) is 6.54 Å². The molecular weight excluding hydrogens is 231 g/mol. The summed E-state index contributed by atoms with van der Waals surface area (Å²) in [5, 5.41) is 2.94. The summed E-state index contributed by atoms with van der Waals surface area (Å²) >= 11 is 0. The SMILES string of the molecule is NC(=O)c1ccc(F)c(NCc2ccccc2)c1. The van der Waals surface area contributed by atoms with Crippen LogP contribution in [0.4, 0.5) is 10.1 Å². The molecule has 3 N–H and O–H groups in total. The van der Waals surface area contributed by atoms with Crippen molar-refractivity contribution in [2.24, 2.45) is 5.73 Å². The van der Waals surface area contributed by atoms with Gasteiger partial charge in [-0.2, -0.15) is 0 Å². The quantitative estimate of drug-likeness (QED) is 0.868. The van der Waals surface area contributed by atoms with Gasteiger partial charge in [0.1, 0.15) is 5.82 Å². The standard InChI is InChI=1S/C14H13FN2O/c15-12-7-6-11(14(16)18)8-13(12)17-9-10-4-2-1-3-5-10/h1-8,17H,9H2,(H2,16,18). The molecular formula is C14H13FN2O. The Balaban J connectivity index is 2.14. The van der Waals surface area contributed by atoms with Gasteiger partial charge < -0.3 is 11.1 Å². The zero-order valence-electron chi connectivity index (χ0n) is 9.69. The number of anilines is 1. The van der Waals surface area contributed by atoms with Crippen molar-refractivity contribution >= 4 is 11.6 Å². The minimum atomic E-state index is -0.572. The lowest BCUT2D eigenvalue weighted by Gasteiger charge is -2.08. The smallest absolute Gasteiger partial charge is 0.248 e. The second kappa shape index (κ2) is 5.31. The molecule has 2 aromatic rings. The Hall–Kier alpha value is -2.36. The molecule has 0 aliphatic heterocycles. The zero-order chi connectivity index (χ0) is 13.0. The average Bonchev–Trinajstić information content (AvgIpc) is 2.38. The van der Waals surface area contributed by atoms with E-state index in [9.17, 15) is 9.18 Å². The Bertz CT molecular complexity index is 555. The molecule has 0 radical (unpaired) electrons. The number of primary amides is 1. The van der Waals surface area contributed by atoms with Crippen LogP contribution in [0.2, 0.25) is 0 Å². The van der Waals surface area contributed by atoms with E-state index in [4.69, 9.17) is 5.73 Å². The van der Waals surface area contributed by atoms with Crippen molar-refractivity contribution in [3.05, 3.63) is 65.5 Å². The molecule has 0 aliphatic rings. The highest BCUT2D eigenvalue weighted by Crippen LogP contribution is 2.17. The third kappa shape index (κ3) is 2.85. The van der Waals surface area contributed by atoms with Gasteiger partial charge in [0.25, 0.3) is 0 Å². The van der Waals surface area contributed by atoms with E-state index >= 15 is 0 Å². The van der Waals surface area contributed by atoms with Gasteiger partial charge >= 0.3 is 0 Å². The van der Waals surface area contributed by atoms with Gasteiger partial charge in [0, 0.05) is 12.1 Å². The third-order valence-corrected chi connectivity index (χ3v) is 2.58. The molecule has 1 amide bonds. The molecule has 92 valence electrons. The lowest BCUT2D eigenvalue weighted by molar-refractivity contribution is 0.100. The van der Waals surface area contributed by atoms with E-state index in [1.165, 1.54) is 18.2 Å². The van der Waals surface area contributed by atoms with Gasteiger partial charge in [-0.1, -0.05) is 30.3 Å². The molecule has 0 fully saturated rings. The van der Waals surface area contributed by atoms with E-state index < -0.39 is 11.7 Å². The van der Waals surface area contributed by atoms with Crippen LogP contribution in [-0.4, -0.2) is 5.91 Å². The number of nitrogens with one attached hydrogen (secondary N) is 1. The van der Waals surface area contributed by atoms with Crippen molar-refractivity contribution in [3.8, 4) is 0 Å². The molecule has 0 spiro atoms. The van der Waals surface area contributed by atoms with Crippen molar-refractivity contribution in [1.29, 1.82) is 0 Å². The number of hydrogen-bond acceptors (Lipinski definition) is 2. The summed E-state index contributed by atoms with van der Waals surface area (Å²) in [5.74, 6) is -0.978. The molecule has 0 bridgehead atoms. The van der Waals surface area contributed by atoms with Crippen LogP contribution < -0.4 is 11.1 Å². The molecule has 3 nitrogen and oxygen atoms in total. The second-order valence-electron chi connectivity index (χ2n) is 3.90. The monoisotopic (exact) mass is 244 g/mol. The van der Waals surface area contributed by atoms with Crippen molar-refractivity contribution in [1.82, 2.24) is 0 Å². The summed E-state index contributed by atoms with van der Waals surface area (Å²) in [4.78, 5) is 11.0. The highest BCUT2D eigenvalue weighted by atomic mass is 19.1. The minimum Gasteiger partial charge on any atom is -0.379 e. The number of carbonyl (C=O) groups is 1. The summed E-state index contributed by atoms with van der Waals surface area (Å²) < 4.78 is 13.5. The number of carbonyl (C=O) groups excluding carboxylic acids is 1. The van der Waals surface area contributed by atoms with Gasteiger partial charge in [-0.25, -0.2) is 4.39 Å². The number of hydrogen-bond donors (Lipinski definition) is 2. The Morgan fingerprint density at radius 2 is 1.89 bits per heavy atom. The molecule has 0 atom stereocenters. The van der Waals surface area contributed by atoms with Crippen LogP contribution in [0.1, 0.15) is 15.9 Å². The van der Waals surface area contributed by atoms with Gasteiger partial charge in [0.2, 0.25) is 5.91 Å². The Kier molecular flexibility index (Phi) is 3.57. The molecule has 2 aromatic carbocycles. The van der Waals surface area contributed by atoms with E-state index in [-0.39, 0.29) is 11.3 Å². The number of amides is 1. The minimum absolute atomic E-state index is 0.273. The predicted octanol–water partition coefficient (Wildman–Crippen LogP) is 2.54. The largest absolute Gasteiger partial charge is 0.379 e. The molecule has 0 heterocycles. The highest BCUT2D eigenvalue weighted by molar-refractivity contribution is 5.93. The van der Waals surface area contributed by atoms with Crippen LogP contribution in [0, 0.1) is 5.82 Å². The maximum Gasteiger partial charge on any atom is 0.248 e. The molecule has 0 unspecified atom stereocenters. The summed E-state index contributed by atoms with van der Waals surface area (Å²) in [5.41, 5.74) is 6.74.